The zero-order valence-electron chi connectivity index (χ0n) is 9.40. The van der Waals surface area contributed by atoms with Gasteiger partial charge in [-0.3, -0.25) is 9.69 Å². The number of carbonyl (C=O) groups excluding carboxylic acids is 1. The van der Waals surface area contributed by atoms with E-state index in [1.807, 2.05) is 4.90 Å². The summed E-state index contributed by atoms with van der Waals surface area (Å²) in [5.74, 6) is 0.305. The van der Waals surface area contributed by atoms with E-state index in [0.29, 0.717) is 6.54 Å². The second-order valence-corrected chi connectivity index (χ2v) is 6.55. The summed E-state index contributed by atoms with van der Waals surface area (Å²) in [4.78, 5) is 13.3. The average molecular weight is 233 g/mol. The van der Waals surface area contributed by atoms with Crippen molar-refractivity contribution >= 4 is 15.6 Å². The van der Waals surface area contributed by atoms with E-state index < -0.39 is 9.84 Å². The van der Waals surface area contributed by atoms with Crippen LogP contribution in [0.1, 0.15) is 26.2 Å². The minimum atomic E-state index is -2.93. The number of rotatable bonds is 4. The Balaban J connectivity index is 2.54. The molecule has 0 aromatic heterocycles. The molecule has 0 saturated carbocycles. The number of hydrogen-bond donors (Lipinski definition) is 0. The van der Waals surface area contributed by atoms with E-state index in [2.05, 4.69) is 0 Å². The van der Waals surface area contributed by atoms with Gasteiger partial charge >= 0.3 is 0 Å². The normalized spacial score (nSPS) is 24.0. The maximum Gasteiger partial charge on any atom is 0.148 e. The summed E-state index contributed by atoms with van der Waals surface area (Å²) in [6.07, 6.45) is 4.24. The van der Waals surface area contributed by atoms with Gasteiger partial charge in [0.15, 0.2) is 0 Å². The summed E-state index contributed by atoms with van der Waals surface area (Å²) >= 11 is 0. The van der Waals surface area contributed by atoms with Gasteiger partial charge in [0.2, 0.25) is 0 Å². The lowest BCUT2D eigenvalue weighted by molar-refractivity contribution is -0.123. The van der Waals surface area contributed by atoms with E-state index in [0.717, 1.165) is 25.8 Å². The molecule has 0 spiro atoms. The van der Waals surface area contributed by atoms with E-state index in [1.54, 1.807) is 6.92 Å². The first-order chi connectivity index (χ1) is 6.90. The van der Waals surface area contributed by atoms with Gasteiger partial charge in [0.05, 0.1) is 11.8 Å². The molecule has 0 aromatic carbocycles. The lowest BCUT2D eigenvalue weighted by Crippen LogP contribution is -2.45. The summed E-state index contributed by atoms with van der Waals surface area (Å²) in [5.41, 5.74) is 0. The SMILES string of the molecule is CC(=O)C1CCCCN1CCS(C)(=O)=O. The Morgan fingerprint density at radius 2 is 2.07 bits per heavy atom. The van der Waals surface area contributed by atoms with Crippen LogP contribution in [-0.4, -0.2) is 50.2 Å². The van der Waals surface area contributed by atoms with E-state index >= 15 is 0 Å². The van der Waals surface area contributed by atoms with Gasteiger partial charge in [-0.25, -0.2) is 8.42 Å². The molecule has 5 heteroatoms. The van der Waals surface area contributed by atoms with E-state index in [1.165, 1.54) is 6.26 Å². The highest BCUT2D eigenvalue weighted by Crippen LogP contribution is 2.17. The number of Topliss-reactive ketones (excluding diaryl/α,β-unsaturated/α-hetero) is 1. The maximum absolute atomic E-state index is 11.3. The van der Waals surface area contributed by atoms with Crippen LogP contribution in [-0.2, 0) is 14.6 Å². The van der Waals surface area contributed by atoms with Crippen molar-refractivity contribution in [3.05, 3.63) is 0 Å². The fourth-order valence-electron chi connectivity index (χ4n) is 2.00. The first-order valence-electron chi connectivity index (χ1n) is 5.32. The van der Waals surface area contributed by atoms with Crippen LogP contribution in [0.3, 0.4) is 0 Å². The van der Waals surface area contributed by atoms with Crippen LogP contribution in [0.25, 0.3) is 0 Å². The van der Waals surface area contributed by atoms with Gasteiger partial charge in [-0.15, -0.1) is 0 Å². The molecule has 0 amide bonds. The van der Waals surface area contributed by atoms with Crippen LogP contribution in [0.15, 0.2) is 0 Å². The van der Waals surface area contributed by atoms with Gasteiger partial charge in [-0.2, -0.15) is 0 Å². The van der Waals surface area contributed by atoms with Crippen molar-refractivity contribution < 1.29 is 13.2 Å². The minimum Gasteiger partial charge on any atom is -0.298 e. The number of likely N-dealkylation sites (tertiary alicyclic amines) is 1. The first kappa shape index (κ1) is 12.6. The van der Waals surface area contributed by atoms with E-state index in [4.69, 9.17) is 0 Å². The summed E-state index contributed by atoms with van der Waals surface area (Å²) < 4.78 is 22.1. The molecule has 0 aromatic rings. The number of nitrogens with zero attached hydrogens (tertiary/aromatic N) is 1. The van der Waals surface area contributed by atoms with Crippen LogP contribution >= 0.6 is 0 Å². The Kier molecular flexibility index (Phi) is 4.28. The van der Waals surface area contributed by atoms with E-state index in [9.17, 15) is 13.2 Å². The molecule has 1 saturated heterocycles. The summed E-state index contributed by atoms with van der Waals surface area (Å²) in [6.45, 7) is 2.92. The third kappa shape index (κ3) is 4.30. The predicted molar refractivity (Wildman–Crippen MR) is 59.6 cm³/mol. The molecule has 88 valence electrons. The van der Waals surface area contributed by atoms with Crippen LogP contribution in [0.4, 0.5) is 0 Å². The molecule has 1 fully saturated rings. The number of hydrogen-bond acceptors (Lipinski definition) is 4. The van der Waals surface area contributed by atoms with Crippen molar-refractivity contribution in [3.63, 3.8) is 0 Å². The molecule has 0 N–H and O–H groups in total. The van der Waals surface area contributed by atoms with Gasteiger partial charge < -0.3 is 0 Å². The Morgan fingerprint density at radius 3 is 2.60 bits per heavy atom. The second-order valence-electron chi connectivity index (χ2n) is 4.29. The second kappa shape index (κ2) is 5.07. The van der Waals surface area contributed by atoms with Gasteiger partial charge in [0, 0.05) is 12.8 Å². The van der Waals surface area contributed by atoms with Crippen molar-refractivity contribution in [1.29, 1.82) is 0 Å². The topological polar surface area (TPSA) is 54.5 Å². The molecule has 0 radical (unpaired) electrons. The minimum absolute atomic E-state index is 0.0551. The first-order valence-corrected chi connectivity index (χ1v) is 7.38. The molecule has 0 bridgehead atoms. The van der Waals surface area contributed by atoms with Crippen LogP contribution in [0, 0.1) is 0 Å². The summed E-state index contributed by atoms with van der Waals surface area (Å²) in [7, 11) is -2.93. The predicted octanol–water partition coefficient (Wildman–Crippen LogP) is 0.475. The highest BCUT2D eigenvalue weighted by molar-refractivity contribution is 7.90. The van der Waals surface area contributed by atoms with Crippen LogP contribution in [0.5, 0.6) is 0 Å². The van der Waals surface area contributed by atoms with Gasteiger partial charge in [0.25, 0.3) is 0 Å². The molecule has 1 rings (SSSR count). The van der Waals surface area contributed by atoms with E-state index in [-0.39, 0.29) is 17.6 Å². The smallest absolute Gasteiger partial charge is 0.148 e. The van der Waals surface area contributed by atoms with Crippen molar-refractivity contribution in [3.8, 4) is 0 Å². The zero-order chi connectivity index (χ0) is 11.5. The highest BCUT2D eigenvalue weighted by atomic mass is 32.2. The molecule has 0 aliphatic carbocycles. The Morgan fingerprint density at radius 1 is 1.40 bits per heavy atom. The monoisotopic (exact) mass is 233 g/mol. The third-order valence-corrected chi connectivity index (χ3v) is 3.76. The van der Waals surface area contributed by atoms with Gasteiger partial charge in [-0.1, -0.05) is 6.42 Å². The maximum atomic E-state index is 11.3. The fourth-order valence-corrected chi connectivity index (χ4v) is 2.57. The standard InChI is InChI=1S/C10H19NO3S/c1-9(12)10-5-3-4-6-11(10)7-8-15(2,13)14/h10H,3-8H2,1-2H3. The van der Waals surface area contributed by atoms with Crippen LogP contribution in [0.2, 0.25) is 0 Å². The molecular formula is C10H19NO3S. The Bertz CT molecular complexity index is 324. The number of carbonyl (C=O) groups is 1. The van der Waals surface area contributed by atoms with Gasteiger partial charge in [0.1, 0.15) is 15.6 Å². The van der Waals surface area contributed by atoms with Crippen molar-refractivity contribution in [2.45, 2.75) is 32.2 Å². The number of ketones is 1. The van der Waals surface area contributed by atoms with Gasteiger partial charge in [-0.05, 0) is 26.3 Å². The summed E-state index contributed by atoms with van der Waals surface area (Å²) in [6, 6.07) is -0.0551. The third-order valence-electron chi connectivity index (χ3n) is 2.83. The number of piperidine rings is 1. The largest absolute Gasteiger partial charge is 0.298 e. The lowest BCUT2D eigenvalue weighted by atomic mass is 9.99. The molecule has 15 heavy (non-hydrogen) atoms. The molecule has 1 unspecified atom stereocenters. The zero-order valence-corrected chi connectivity index (χ0v) is 10.2. The quantitative estimate of drug-likeness (QED) is 0.708. The Hall–Kier alpha value is -0.420. The molecule has 1 heterocycles. The van der Waals surface area contributed by atoms with Crippen molar-refractivity contribution in [2.75, 3.05) is 25.1 Å². The highest BCUT2D eigenvalue weighted by Gasteiger charge is 2.26. The average Bonchev–Trinajstić information content (AvgIpc) is 2.14. The van der Waals surface area contributed by atoms with Crippen molar-refractivity contribution in [1.82, 2.24) is 4.90 Å². The molecule has 4 nitrogen and oxygen atoms in total. The molecular weight excluding hydrogens is 214 g/mol. The number of sulfone groups is 1. The lowest BCUT2D eigenvalue weighted by Gasteiger charge is -2.33. The Labute approximate surface area is 91.6 Å². The summed E-state index contributed by atoms with van der Waals surface area (Å²) in [5, 5.41) is 0. The molecule has 1 atom stereocenters. The van der Waals surface area contributed by atoms with Crippen molar-refractivity contribution in [2.24, 2.45) is 0 Å². The fraction of sp³-hybridized carbons (Fsp3) is 0.900. The molecule has 1 aliphatic rings. The van der Waals surface area contributed by atoms with Crippen LogP contribution < -0.4 is 0 Å². The molecule has 1 aliphatic heterocycles.